The molecule has 0 fully saturated rings. The van der Waals surface area contributed by atoms with E-state index in [0.717, 1.165) is 0 Å². The molecule has 0 spiro atoms. The summed E-state index contributed by atoms with van der Waals surface area (Å²) in [5, 5.41) is 2.45. The SMILES string of the molecule is CC.CC(=O)C(NC=O)C(C)C.COC. The Labute approximate surface area is 93.4 Å². The highest BCUT2D eigenvalue weighted by Crippen LogP contribution is 2.00. The van der Waals surface area contributed by atoms with Gasteiger partial charge in [-0.25, -0.2) is 0 Å². The zero-order valence-corrected chi connectivity index (χ0v) is 11.0. The van der Waals surface area contributed by atoms with Gasteiger partial charge in [0.05, 0.1) is 6.04 Å². The highest BCUT2D eigenvalue weighted by atomic mass is 16.4. The molecule has 0 aliphatic rings. The first-order valence-electron chi connectivity index (χ1n) is 5.11. The van der Waals surface area contributed by atoms with Crippen molar-refractivity contribution in [3.05, 3.63) is 0 Å². The summed E-state index contributed by atoms with van der Waals surface area (Å²) in [6.45, 7) is 9.26. The molecule has 0 radical (unpaired) electrons. The van der Waals surface area contributed by atoms with Crippen LogP contribution in [0.2, 0.25) is 0 Å². The second-order valence-electron chi connectivity index (χ2n) is 3.03. The Morgan fingerprint density at radius 1 is 1.27 bits per heavy atom. The fraction of sp³-hybridized carbons (Fsp3) is 0.818. The maximum absolute atomic E-state index is 10.8. The number of nitrogens with one attached hydrogen (secondary N) is 1. The van der Waals surface area contributed by atoms with Gasteiger partial charge in [-0.2, -0.15) is 0 Å². The van der Waals surface area contributed by atoms with Crippen molar-refractivity contribution in [2.24, 2.45) is 5.92 Å². The summed E-state index contributed by atoms with van der Waals surface area (Å²) < 4.78 is 4.25. The summed E-state index contributed by atoms with van der Waals surface area (Å²) >= 11 is 0. The van der Waals surface area contributed by atoms with Gasteiger partial charge in [-0.15, -0.1) is 0 Å². The van der Waals surface area contributed by atoms with Crippen LogP contribution in [0, 0.1) is 5.92 Å². The number of Topliss-reactive ketones (excluding diaryl/α,β-unsaturated/α-hetero) is 1. The number of methoxy groups -OCH3 is 1. The second-order valence-corrected chi connectivity index (χ2v) is 3.03. The third-order valence-electron chi connectivity index (χ3n) is 1.35. The third kappa shape index (κ3) is 15.8. The van der Waals surface area contributed by atoms with E-state index >= 15 is 0 Å². The highest BCUT2D eigenvalue weighted by Gasteiger charge is 2.16. The van der Waals surface area contributed by atoms with E-state index in [1.165, 1.54) is 6.92 Å². The van der Waals surface area contributed by atoms with Gasteiger partial charge in [0.15, 0.2) is 5.78 Å². The van der Waals surface area contributed by atoms with E-state index in [2.05, 4.69) is 10.1 Å². The molecule has 15 heavy (non-hydrogen) atoms. The summed E-state index contributed by atoms with van der Waals surface area (Å²) in [6, 6.07) is -0.322. The van der Waals surface area contributed by atoms with Crippen LogP contribution >= 0.6 is 0 Å². The molecule has 0 aromatic rings. The average Bonchev–Trinajstić information content (AvgIpc) is 2.17. The van der Waals surface area contributed by atoms with Crippen LogP contribution in [0.3, 0.4) is 0 Å². The number of carbonyl (C=O) groups excluding carboxylic acids is 2. The Balaban J connectivity index is -0.000000245. The van der Waals surface area contributed by atoms with E-state index in [4.69, 9.17) is 0 Å². The van der Waals surface area contributed by atoms with Crippen LogP contribution in [-0.2, 0) is 14.3 Å². The predicted octanol–water partition coefficient (Wildman–Crippen LogP) is 1.63. The maximum Gasteiger partial charge on any atom is 0.207 e. The molecule has 0 aliphatic heterocycles. The largest absolute Gasteiger partial charge is 0.388 e. The minimum atomic E-state index is -0.322. The summed E-state index contributed by atoms with van der Waals surface area (Å²) in [7, 11) is 3.25. The Morgan fingerprint density at radius 2 is 1.60 bits per heavy atom. The standard InChI is InChI=1S/C7H13NO2.C2H6O.C2H6/c1-5(2)7(6(3)10)8-4-9;1-3-2;1-2/h4-5,7H,1-3H3,(H,8,9);1-2H3;1-2H3. The van der Waals surface area contributed by atoms with Crippen LogP contribution in [0.5, 0.6) is 0 Å². The molecule has 0 aliphatic carbocycles. The number of rotatable bonds is 4. The lowest BCUT2D eigenvalue weighted by Gasteiger charge is -2.15. The molecule has 0 aromatic carbocycles. The number of hydrogen-bond donors (Lipinski definition) is 1. The van der Waals surface area contributed by atoms with Gasteiger partial charge in [-0.1, -0.05) is 27.7 Å². The number of ketones is 1. The molecule has 0 aromatic heterocycles. The summed E-state index contributed by atoms with van der Waals surface area (Å²) in [5.41, 5.74) is 0. The molecule has 1 N–H and O–H groups in total. The molecule has 0 heterocycles. The van der Waals surface area contributed by atoms with E-state index in [-0.39, 0.29) is 17.7 Å². The lowest BCUT2D eigenvalue weighted by atomic mass is 10.0. The van der Waals surface area contributed by atoms with Crippen molar-refractivity contribution in [2.75, 3.05) is 14.2 Å². The molecule has 0 bridgehead atoms. The van der Waals surface area contributed by atoms with Gasteiger partial charge in [-0.05, 0) is 12.8 Å². The molecule has 4 heteroatoms. The van der Waals surface area contributed by atoms with Gasteiger partial charge >= 0.3 is 0 Å². The fourth-order valence-corrected chi connectivity index (χ4v) is 0.853. The molecular weight excluding hydrogens is 194 g/mol. The third-order valence-corrected chi connectivity index (χ3v) is 1.35. The molecule has 0 saturated carbocycles. The highest BCUT2D eigenvalue weighted by molar-refractivity contribution is 5.83. The van der Waals surface area contributed by atoms with E-state index in [1.54, 1.807) is 14.2 Å². The molecule has 4 nitrogen and oxygen atoms in total. The maximum atomic E-state index is 10.8. The minimum Gasteiger partial charge on any atom is -0.388 e. The van der Waals surface area contributed by atoms with Crippen LogP contribution < -0.4 is 5.32 Å². The summed E-state index contributed by atoms with van der Waals surface area (Å²) in [6.07, 6.45) is 0.562. The smallest absolute Gasteiger partial charge is 0.207 e. The van der Waals surface area contributed by atoms with Gasteiger partial charge in [0.2, 0.25) is 6.41 Å². The molecule has 1 unspecified atom stereocenters. The van der Waals surface area contributed by atoms with Gasteiger partial charge < -0.3 is 10.1 Å². The van der Waals surface area contributed by atoms with Gasteiger partial charge in [-0.3, -0.25) is 9.59 Å². The normalized spacial score (nSPS) is 10.1. The monoisotopic (exact) mass is 219 g/mol. The molecule has 92 valence electrons. The number of hydrogen-bond acceptors (Lipinski definition) is 3. The van der Waals surface area contributed by atoms with Crippen molar-refractivity contribution in [1.29, 1.82) is 0 Å². The number of carbonyl (C=O) groups is 2. The quantitative estimate of drug-likeness (QED) is 0.731. The van der Waals surface area contributed by atoms with Crippen molar-refractivity contribution in [2.45, 2.75) is 40.7 Å². The number of ether oxygens (including phenoxy) is 1. The van der Waals surface area contributed by atoms with Gasteiger partial charge in [0.1, 0.15) is 0 Å². The Hall–Kier alpha value is -0.900. The van der Waals surface area contributed by atoms with E-state index in [0.29, 0.717) is 6.41 Å². The van der Waals surface area contributed by atoms with E-state index in [9.17, 15) is 9.59 Å². The van der Waals surface area contributed by atoms with Crippen LogP contribution in [0.15, 0.2) is 0 Å². The molecule has 1 amide bonds. The Morgan fingerprint density at radius 3 is 1.67 bits per heavy atom. The lowest BCUT2D eigenvalue weighted by molar-refractivity contribution is -0.122. The average molecular weight is 219 g/mol. The van der Waals surface area contributed by atoms with Gasteiger partial charge in [0, 0.05) is 14.2 Å². The molecule has 1 atom stereocenters. The summed E-state index contributed by atoms with van der Waals surface area (Å²) in [5.74, 6) is 0.171. The van der Waals surface area contributed by atoms with Crippen molar-refractivity contribution in [3.8, 4) is 0 Å². The first kappa shape index (κ1) is 19.6. The number of amides is 1. The zero-order valence-electron chi connectivity index (χ0n) is 11.0. The van der Waals surface area contributed by atoms with Crippen LogP contribution in [0.4, 0.5) is 0 Å². The molecule has 0 saturated heterocycles. The minimum absolute atomic E-state index is 0.00194. The zero-order chi connectivity index (χ0) is 12.9. The fourth-order valence-electron chi connectivity index (χ4n) is 0.853. The van der Waals surface area contributed by atoms with Crippen molar-refractivity contribution in [3.63, 3.8) is 0 Å². The second kappa shape index (κ2) is 15.6. The Kier molecular flexibility index (Phi) is 20.4. The van der Waals surface area contributed by atoms with Crippen LogP contribution in [0.25, 0.3) is 0 Å². The predicted molar refractivity (Wildman–Crippen MR) is 62.8 cm³/mol. The van der Waals surface area contributed by atoms with Crippen LogP contribution in [-0.4, -0.2) is 32.5 Å². The summed E-state index contributed by atoms with van der Waals surface area (Å²) in [4.78, 5) is 20.7. The van der Waals surface area contributed by atoms with Crippen molar-refractivity contribution >= 4 is 12.2 Å². The molecular formula is C11H25NO3. The van der Waals surface area contributed by atoms with E-state index < -0.39 is 0 Å². The first-order chi connectivity index (χ1) is 7.01. The van der Waals surface area contributed by atoms with Crippen LogP contribution in [0.1, 0.15) is 34.6 Å². The van der Waals surface area contributed by atoms with Crippen molar-refractivity contribution < 1.29 is 14.3 Å². The molecule has 0 rings (SSSR count). The lowest BCUT2D eigenvalue weighted by Crippen LogP contribution is -2.38. The first-order valence-corrected chi connectivity index (χ1v) is 5.11. The van der Waals surface area contributed by atoms with E-state index in [1.807, 2.05) is 27.7 Å². The topological polar surface area (TPSA) is 55.4 Å². The Bertz CT molecular complexity index is 147. The van der Waals surface area contributed by atoms with Crippen molar-refractivity contribution in [1.82, 2.24) is 5.32 Å². The van der Waals surface area contributed by atoms with Gasteiger partial charge in [0.25, 0.3) is 0 Å².